The van der Waals surface area contributed by atoms with E-state index in [1.807, 2.05) is 0 Å². The maximum Gasteiger partial charge on any atom is 0.261 e. The maximum atomic E-state index is 13.2. The van der Waals surface area contributed by atoms with Gasteiger partial charge in [-0.05, 0) is 42.8 Å². The summed E-state index contributed by atoms with van der Waals surface area (Å²) in [5, 5.41) is 9.58. The largest absolute Gasteiger partial charge is 0.389 e. The summed E-state index contributed by atoms with van der Waals surface area (Å²) in [7, 11) is -3.89. The highest BCUT2D eigenvalue weighted by Crippen LogP contribution is 2.23. The number of sulfonamides is 1. The van der Waals surface area contributed by atoms with E-state index in [1.165, 1.54) is 31.2 Å². The van der Waals surface area contributed by atoms with Crippen LogP contribution < -0.4 is 4.72 Å². The number of nitrogens with one attached hydrogen (secondary N) is 1. The molecule has 2 rings (SSSR count). The number of halogens is 2. The Kier molecular flexibility index (Phi) is 4.51. The van der Waals surface area contributed by atoms with Crippen molar-refractivity contribution in [3.05, 3.63) is 58.9 Å². The zero-order valence-corrected chi connectivity index (χ0v) is 12.6. The second-order valence-corrected chi connectivity index (χ2v) is 6.63. The first-order chi connectivity index (χ1) is 9.78. The predicted molar refractivity (Wildman–Crippen MR) is 79.3 cm³/mol. The summed E-state index contributed by atoms with van der Waals surface area (Å²) >= 11 is 5.68. The van der Waals surface area contributed by atoms with Crippen molar-refractivity contribution in [1.29, 1.82) is 0 Å². The highest BCUT2D eigenvalue weighted by molar-refractivity contribution is 7.92. The van der Waals surface area contributed by atoms with Crippen LogP contribution in [0.2, 0.25) is 5.02 Å². The molecule has 7 heteroatoms. The Balaban J connectivity index is 2.36. The van der Waals surface area contributed by atoms with Gasteiger partial charge in [-0.15, -0.1) is 0 Å². The van der Waals surface area contributed by atoms with E-state index in [4.69, 9.17) is 11.6 Å². The van der Waals surface area contributed by atoms with Crippen LogP contribution in [0, 0.1) is 5.82 Å². The van der Waals surface area contributed by atoms with E-state index in [9.17, 15) is 17.9 Å². The molecule has 1 unspecified atom stereocenters. The number of hydrogen-bond donors (Lipinski definition) is 2. The van der Waals surface area contributed by atoms with Crippen LogP contribution in [-0.2, 0) is 10.0 Å². The van der Waals surface area contributed by atoms with Gasteiger partial charge >= 0.3 is 0 Å². The van der Waals surface area contributed by atoms with Crippen LogP contribution in [0.3, 0.4) is 0 Å². The van der Waals surface area contributed by atoms with Crippen LogP contribution in [-0.4, -0.2) is 13.5 Å². The SMILES string of the molecule is CC(O)c1cccc(S(=O)(=O)Nc2cc(F)cc(Cl)c2)c1. The molecule has 0 heterocycles. The summed E-state index contributed by atoms with van der Waals surface area (Å²) in [5.74, 6) is -0.641. The molecule has 0 radical (unpaired) electrons. The van der Waals surface area contributed by atoms with Gasteiger partial charge in [-0.1, -0.05) is 23.7 Å². The molecular weight excluding hydrogens is 317 g/mol. The molecular formula is C14H13ClFNO3S. The minimum absolute atomic E-state index is 0.0266. The number of rotatable bonds is 4. The first-order valence-corrected chi connectivity index (χ1v) is 7.91. The summed E-state index contributed by atoms with van der Waals surface area (Å²) in [6, 6.07) is 9.29. The van der Waals surface area contributed by atoms with Crippen LogP contribution in [0.15, 0.2) is 47.4 Å². The van der Waals surface area contributed by atoms with E-state index in [0.29, 0.717) is 5.56 Å². The molecule has 0 amide bonds. The van der Waals surface area contributed by atoms with E-state index < -0.39 is 21.9 Å². The lowest BCUT2D eigenvalue weighted by molar-refractivity contribution is 0.199. The van der Waals surface area contributed by atoms with E-state index in [0.717, 1.165) is 12.1 Å². The third-order valence-corrected chi connectivity index (χ3v) is 4.36. The Bertz CT molecular complexity index is 742. The van der Waals surface area contributed by atoms with Gasteiger partial charge in [-0.3, -0.25) is 4.72 Å². The molecule has 0 bridgehead atoms. The standard InChI is InChI=1S/C14H13ClFNO3S/c1-9(18)10-3-2-4-14(5-10)21(19,20)17-13-7-11(15)6-12(16)8-13/h2-9,17-18H,1H3. The minimum Gasteiger partial charge on any atom is -0.389 e. The molecule has 0 aromatic heterocycles. The highest BCUT2D eigenvalue weighted by atomic mass is 35.5. The van der Waals surface area contributed by atoms with Gasteiger partial charge in [-0.25, -0.2) is 12.8 Å². The molecule has 2 aromatic rings. The first kappa shape index (κ1) is 15.8. The first-order valence-electron chi connectivity index (χ1n) is 6.05. The van der Waals surface area contributed by atoms with Gasteiger partial charge in [0.2, 0.25) is 0 Å². The maximum absolute atomic E-state index is 13.2. The van der Waals surface area contributed by atoms with Gasteiger partial charge < -0.3 is 5.11 Å². The Hall–Kier alpha value is -1.63. The average Bonchev–Trinajstić information content (AvgIpc) is 2.37. The monoisotopic (exact) mass is 329 g/mol. The lowest BCUT2D eigenvalue weighted by atomic mass is 10.1. The second-order valence-electron chi connectivity index (χ2n) is 4.51. The number of aliphatic hydroxyl groups excluding tert-OH is 1. The van der Waals surface area contributed by atoms with Gasteiger partial charge in [0.1, 0.15) is 5.82 Å². The normalized spacial score (nSPS) is 13.0. The van der Waals surface area contributed by atoms with Crippen LogP contribution in [0.4, 0.5) is 10.1 Å². The van der Waals surface area contributed by atoms with Crippen molar-refractivity contribution in [3.8, 4) is 0 Å². The molecule has 2 aromatic carbocycles. The zero-order valence-electron chi connectivity index (χ0n) is 11.0. The van der Waals surface area contributed by atoms with Crippen molar-refractivity contribution in [2.45, 2.75) is 17.9 Å². The van der Waals surface area contributed by atoms with Crippen LogP contribution >= 0.6 is 11.6 Å². The fourth-order valence-electron chi connectivity index (χ4n) is 1.77. The lowest BCUT2D eigenvalue weighted by Crippen LogP contribution is -2.13. The Morgan fingerprint density at radius 2 is 1.95 bits per heavy atom. The van der Waals surface area contributed by atoms with Gasteiger partial charge in [0, 0.05) is 5.02 Å². The van der Waals surface area contributed by atoms with Crippen LogP contribution in [0.1, 0.15) is 18.6 Å². The quantitative estimate of drug-likeness (QED) is 0.904. The van der Waals surface area contributed by atoms with Gasteiger partial charge in [0.05, 0.1) is 16.7 Å². The van der Waals surface area contributed by atoms with Crippen molar-refractivity contribution in [2.24, 2.45) is 0 Å². The summed E-state index contributed by atoms with van der Waals surface area (Å²) in [6.07, 6.45) is -0.788. The van der Waals surface area contributed by atoms with E-state index in [-0.39, 0.29) is 15.6 Å². The molecule has 21 heavy (non-hydrogen) atoms. The molecule has 112 valence electrons. The summed E-state index contributed by atoms with van der Waals surface area (Å²) < 4.78 is 40.0. The number of anilines is 1. The zero-order chi connectivity index (χ0) is 15.6. The molecule has 0 saturated heterocycles. The molecule has 0 aliphatic carbocycles. The van der Waals surface area contributed by atoms with Crippen molar-refractivity contribution in [1.82, 2.24) is 0 Å². The Morgan fingerprint density at radius 3 is 2.57 bits per heavy atom. The molecule has 0 fully saturated rings. The number of hydrogen-bond acceptors (Lipinski definition) is 3. The average molecular weight is 330 g/mol. The third-order valence-electron chi connectivity index (χ3n) is 2.77. The smallest absolute Gasteiger partial charge is 0.261 e. The minimum atomic E-state index is -3.89. The third kappa shape index (κ3) is 3.93. The molecule has 1 atom stereocenters. The van der Waals surface area contributed by atoms with Crippen LogP contribution in [0.5, 0.6) is 0 Å². The Morgan fingerprint density at radius 1 is 1.24 bits per heavy atom. The summed E-state index contributed by atoms with van der Waals surface area (Å²) in [6.45, 7) is 1.53. The highest BCUT2D eigenvalue weighted by Gasteiger charge is 2.16. The fourth-order valence-corrected chi connectivity index (χ4v) is 3.09. The molecule has 4 nitrogen and oxygen atoms in total. The summed E-state index contributed by atoms with van der Waals surface area (Å²) in [5.41, 5.74) is 0.498. The van der Waals surface area contributed by atoms with E-state index in [1.54, 1.807) is 6.07 Å². The molecule has 0 saturated carbocycles. The lowest BCUT2D eigenvalue weighted by Gasteiger charge is -2.11. The van der Waals surface area contributed by atoms with Crippen molar-refractivity contribution in [3.63, 3.8) is 0 Å². The van der Waals surface area contributed by atoms with Gasteiger partial charge in [0.15, 0.2) is 0 Å². The van der Waals surface area contributed by atoms with E-state index >= 15 is 0 Å². The number of aliphatic hydroxyl groups is 1. The van der Waals surface area contributed by atoms with Crippen LogP contribution in [0.25, 0.3) is 0 Å². The molecule has 0 aliphatic rings. The molecule has 0 spiro atoms. The second kappa shape index (κ2) is 6.01. The van der Waals surface area contributed by atoms with Crippen molar-refractivity contribution < 1.29 is 17.9 Å². The topological polar surface area (TPSA) is 66.4 Å². The summed E-state index contributed by atoms with van der Waals surface area (Å²) in [4.78, 5) is -0.0266. The van der Waals surface area contributed by atoms with E-state index in [2.05, 4.69) is 4.72 Å². The number of benzene rings is 2. The molecule has 0 aliphatic heterocycles. The molecule has 2 N–H and O–H groups in total. The van der Waals surface area contributed by atoms with Gasteiger partial charge in [-0.2, -0.15) is 0 Å². The van der Waals surface area contributed by atoms with Crippen molar-refractivity contribution >= 4 is 27.3 Å². The Labute approximate surface area is 127 Å². The van der Waals surface area contributed by atoms with Gasteiger partial charge in [0.25, 0.3) is 10.0 Å². The van der Waals surface area contributed by atoms with Crippen molar-refractivity contribution in [2.75, 3.05) is 4.72 Å². The fraction of sp³-hybridized carbons (Fsp3) is 0.143. The predicted octanol–water partition coefficient (Wildman–Crippen LogP) is 3.33.